The van der Waals surface area contributed by atoms with Crippen molar-refractivity contribution in [1.29, 1.82) is 0 Å². The SMILES string of the molecule is O=C(c1nc2ccccc2s1)C(F)(F)c1ccccc1. The molecule has 2 nitrogen and oxygen atoms in total. The fourth-order valence-corrected chi connectivity index (χ4v) is 2.82. The van der Waals surface area contributed by atoms with E-state index in [9.17, 15) is 13.6 Å². The molecule has 0 aliphatic rings. The second-order valence-electron chi connectivity index (χ2n) is 4.26. The first-order valence-electron chi connectivity index (χ1n) is 5.93. The van der Waals surface area contributed by atoms with E-state index in [2.05, 4.69) is 4.98 Å². The number of benzene rings is 2. The van der Waals surface area contributed by atoms with Crippen molar-refractivity contribution in [3.63, 3.8) is 0 Å². The molecule has 20 heavy (non-hydrogen) atoms. The number of fused-ring (bicyclic) bond motifs is 1. The first-order chi connectivity index (χ1) is 9.59. The molecule has 0 saturated heterocycles. The monoisotopic (exact) mass is 289 g/mol. The lowest BCUT2D eigenvalue weighted by atomic mass is 10.1. The molecule has 0 spiro atoms. The number of halogens is 2. The third-order valence-electron chi connectivity index (χ3n) is 2.91. The second kappa shape index (κ2) is 4.76. The highest BCUT2D eigenvalue weighted by Gasteiger charge is 2.42. The summed E-state index contributed by atoms with van der Waals surface area (Å²) >= 11 is 0.986. The number of hydrogen-bond acceptors (Lipinski definition) is 3. The van der Waals surface area contributed by atoms with Gasteiger partial charge >= 0.3 is 5.92 Å². The van der Waals surface area contributed by atoms with E-state index in [4.69, 9.17) is 0 Å². The van der Waals surface area contributed by atoms with Crippen LogP contribution in [0.1, 0.15) is 15.4 Å². The molecule has 0 fully saturated rings. The Morgan fingerprint density at radius 1 is 1.00 bits per heavy atom. The maximum atomic E-state index is 14.2. The van der Waals surface area contributed by atoms with Gasteiger partial charge in [0, 0.05) is 5.56 Å². The van der Waals surface area contributed by atoms with E-state index in [0.29, 0.717) is 5.52 Å². The Bertz CT molecular complexity index is 735. The maximum absolute atomic E-state index is 14.2. The van der Waals surface area contributed by atoms with Gasteiger partial charge in [-0.05, 0) is 12.1 Å². The normalized spacial score (nSPS) is 11.7. The molecule has 1 aromatic heterocycles. The molecule has 0 unspecified atom stereocenters. The number of thiazole rings is 1. The minimum absolute atomic E-state index is 0.167. The smallest absolute Gasteiger partial charge is 0.284 e. The number of carbonyl (C=O) groups excluding carboxylic acids is 1. The quantitative estimate of drug-likeness (QED) is 0.674. The minimum atomic E-state index is -3.56. The Balaban J connectivity index is 2.03. The van der Waals surface area contributed by atoms with Crippen LogP contribution in [-0.2, 0) is 5.92 Å². The van der Waals surface area contributed by atoms with E-state index in [-0.39, 0.29) is 10.6 Å². The van der Waals surface area contributed by atoms with Gasteiger partial charge in [0.05, 0.1) is 10.2 Å². The number of alkyl halides is 2. The van der Waals surface area contributed by atoms with Gasteiger partial charge in [-0.3, -0.25) is 4.79 Å². The molecule has 100 valence electrons. The fraction of sp³-hybridized carbons (Fsp3) is 0.0667. The van der Waals surface area contributed by atoms with Crippen molar-refractivity contribution in [2.75, 3.05) is 0 Å². The average molecular weight is 289 g/mol. The Morgan fingerprint density at radius 3 is 2.35 bits per heavy atom. The van der Waals surface area contributed by atoms with Crippen LogP contribution in [-0.4, -0.2) is 10.8 Å². The van der Waals surface area contributed by atoms with Gasteiger partial charge in [-0.1, -0.05) is 42.5 Å². The molecule has 0 amide bonds. The molecule has 0 N–H and O–H groups in total. The Morgan fingerprint density at radius 2 is 1.65 bits per heavy atom. The molecular formula is C15H9F2NOS. The van der Waals surface area contributed by atoms with Crippen LogP contribution in [0.25, 0.3) is 10.2 Å². The number of nitrogens with zero attached hydrogens (tertiary/aromatic N) is 1. The molecule has 0 aliphatic carbocycles. The Hall–Kier alpha value is -2.14. The Kier molecular flexibility index (Phi) is 3.06. The summed E-state index contributed by atoms with van der Waals surface area (Å²) in [6, 6.07) is 14.1. The number of hydrogen-bond donors (Lipinski definition) is 0. The van der Waals surface area contributed by atoms with E-state index in [1.807, 2.05) is 0 Å². The third-order valence-corrected chi connectivity index (χ3v) is 3.94. The maximum Gasteiger partial charge on any atom is 0.337 e. The average Bonchev–Trinajstić information content (AvgIpc) is 2.91. The van der Waals surface area contributed by atoms with Crippen LogP contribution in [0.5, 0.6) is 0 Å². The summed E-state index contributed by atoms with van der Waals surface area (Å²) in [6.07, 6.45) is 0. The summed E-state index contributed by atoms with van der Waals surface area (Å²) in [7, 11) is 0. The van der Waals surface area contributed by atoms with E-state index < -0.39 is 11.7 Å². The number of ketones is 1. The molecule has 3 rings (SSSR count). The predicted octanol–water partition coefficient (Wildman–Crippen LogP) is 4.27. The van der Waals surface area contributed by atoms with Crippen molar-refractivity contribution < 1.29 is 13.6 Å². The molecule has 0 saturated carbocycles. The zero-order chi connectivity index (χ0) is 14.2. The summed E-state index contributed by atoms with van der Waals surface area (Å²) in [6.45, 7) is 0. The van der Waals surface area contributed by atoms with Crippen LogP contribution in [0.4, 0.5) is 8.78 Å². The van der Waals surface area contributed by atoms with E-state index in [0.717, 1.165) is 16.0 Å². The van der Waals surface area contributed by atoms with Gasteiger partial charge in [0.15, 0.2) is 5.01 Å². The lowest BCUT2D eigenvalue weighted by Crippen LogP contribution is -2.25. The second-order valence-corrected chi connectivity index (χ2v) is 5.29. The molecule has 0 aliphatic heterocycles. The van der Waals surface area contributed by atoms with Crippen LogP contribution >= 0.6 is 11.3 Å². The van der Waals surface area contributed by atoms with Crippen molar-refractivity contribution in [2.45, 2.75) is 5.92 Å². The lowest BCUT2D eigenvalue weighted by Gasteiger charge is -2.13. The number of rotatable bonds is 3. The van der Waals surface area contributed by atoms with Crippen LogP contribution in [0, 0.1) is 0 Å². The summed E-state index contributed by atoms with van der Waals surface area (Å²) < 4.78 is 29.1. The summed E-state index contributed by atoms with van der Waals surface area (Å²) in [5.41, 5.74) is 0.244. The van der Waals surface area contributed by atoms with Crippen LogP contribution in [0.15, 0.2) is 54.6 Å². The topological polar surface area (TPSA) is 30.0 Å². The molecule has 0 radical (unpaired) electrons. The lowest BCUT2D eigenvalue weighted by molar-refractivity contribution is 0.00743. The van der Waals surface area contributed by atoms with Gasteiger partial charge in [0.2, 0.25) is 0 Å². The zero-order valence-electron chi connectivity index (χ0n) is 10.2. The molecular weight excluding hydrogens is 280 g/mol. The number of para-hydroxylation sites is 1. The van der Waals surface area contributed by atoms with Crippen molar-refractivity contribution in [3.05, 3.63) is 65.2 Å². The standard InChI is InChI=1S/C15H9F2NOS/c16-15(17,10-6-2-1-3-7-10)13(19)14-18-11-8-4-5-9-12(11)20-14/h1-9H. The third kappa shape index (κ3) is 2.10. The van der Waals surface area contributed by atoms with Gasteiger partial charge in [0.25, 0.3) is 5.78 Å². The highest BCUT2D eigenvalue weighted by atomic mass is 32.1. The van der Waals surface area contributed by atoms with Crippen molar-refractivity contribution >= 4 is 27.3 Å². The van der Waals surface area contributed by atoms with Gasteiger partial charge < -0.3 is 0 Å². The van der Waals surface area contributed by atoms with Crippen molar-refractivity contribution in [2.24, 2.45) is 0 Å². The molecule has 0 atom stereocenters. The summed E-state index contributed by atoms with van der Waals surface area (Å²) in [4.78, 5) is 16.0. The zero-order valence-corrected chi connectivity index (χ0v) is 11.0. The van der Waals surface area contributed by atoms with Crippen molar-refractivity contribution in [1.82, 2.24) is 4.98 Å². The van der Waals surface area contributed by atoms with E-state index in [1.165, 1.54) is 24.3 Å². The summed E-state index contributed by atoms with van der Waals surface area (Å²) in [5, 5.41) is -0.167. The largest absolute Gasteiger partial charge is 0.337 e. The molecule has 1 heterocycles. The van der Waals surface area contributed by atoms with Crippen LogP contribution in [0.3, 0.4) is 0 Å². The highest BCUT2D eigenvalue weighted by molar-refractivity contribution is 7.20. The fourth-order valence-electron chi connectivity index (χ4n) is 1.88. The van der Waals surface area contributed by atoms with Crippen LogP contribution in [0.2, 0.25) is 0 Å². The van der Waals surface area contributed by atoms with Crippen molar-refractivity contribution in [3.8, 4) is 0 Å². The predicted molar refractivity (Wildman–Crippen MR) is 74.3 cm³/mol. The number of aromatic nitrogens is 1. The molecule has 5 heteroatoms. The highest BCUT2D eigenvalue weighted by Crippen LogP contribution is 2.34. The number of carbonyl (C=O) groups is 1. The molecule has 2 aromatic carbocycles. The Labute approximate surface area is 117 Å². The molecule has 0 bridgehead atoms. The first kappa shape index (κ1) is 12.9. The van der Waals surface area contributed by atoms with Gasteiger partial charge in [0.1, 0.15) is 0 Å². The minimum Gasteiger partial charge on any atom is -0.284 e. The van der Waals surface area contributed by atoms with E-state index in [1.54, 1.807) is 30.3 Å². The summed E-state index contributed by atoms with van der Waals surface area (Å²) in [5.74, 6) is -4.82. The first-order valence-corrected chi connectivity index (χ1v) is 6.74. The van der Waals surface area contributed by atoms with Gasteiger partial charge in [-0.15, -0.1) is 11.3 Å². The van der Waals surface area contributed by atoms with Gasteiger partial charge in [-0.2, -0.15) is 8.78 Å². The van der Waals surface area contributed by atoms with Crippen LogP contribution < -0.4 is 0 Å². The number of Topliss-reactive ketones (excluding diaryl/α,β-unsaturated/α-hetero) is 1. The van der Waals surface area contributed by atoms with E-state index >= 15 is 0 Å². The molecule has 3 aromatic rings. The van der Waals surface area contributed by atoms with Gasteiger partial charge in [-0.25, -0.2) is 4.98 Å².